The maximum absolute atomic E-state index is 14.1. The number of methoxy groups -OCH3 is 1. The largest absolute Gasteiger partial charge is 0.494 e. The van der Waals surface area contributed by atoms with Gasteiger partial charge < -0.3 is 24.3 Å². The topological polar surface area (TPSA) is 77.3 Å². The van der Waals surface area contributed by atoms with E-state index in [0.29, 0.717) is 44.9 Å². The van der Waals surface area contributed by atoms with Crippen molar-refractivity contribution in [2.75, 3.05) is 37.0 Å². The zero-order chi connectivity index (χ0) is 27.3. The van der Waals surface area contributed by atoms with Gasteiger partial charge in [0.25, 0.3) is 5.92 Å². The average Bonchev–Trinajstić information content (AvgIpc) is 3.34. The minimum atomic E-state index is -2.83. The lowest BCUT2D eigenvalue weighted by Gasteiger charge is -2.41. The molecule has 4 aromatic rings. The molecule has 1 N–H and O–H groups in total. The molecular formula is C26H21ClF4N6O2. The molecule has 0 amide bonds. The molecular weight excluding hydrogens is 540 g/mol. The molecule has 202 valence electrons. The van der Waals surface area contributed by atoms with Gasteiger partial charge in [0.05, 0.1) is 50.7 Å². The van der Waals surface area contributed by atoms with Gasteiger partial charge in [-0.25, -0.2) is 27.5 Å². The first-order valence-corrected chi connectivity index (χ1v) is 12.3. The minimum absolute atomic E-state index is 0.100. The van der Waals surface area contributed by atoms with Crippen molar-refractivity contribution in [1.29, 1.82) is 0 Å². The number of imidazole rings is 1. The molecule has 0 spiro atoms. The number of nitrogens with one attached hydrogen (secondary N) is 1. The van der Waals surface area contributed by atoms with Gasteiger partial charge in [-0.15, -0.1) is 0 Å². The van der Waals surface area contributed by atoms with Gasteiger partial charge in [-0.1, -0.05) is 17.7 Å². The second-order valence-corrected chi connectivity index (χ2v) is 9.69. The second-order valence-electron chi connectivity index (χ2n) is 9.30. The van der Waals surface area contributed by atoms with Crippen molar-refractivity contribution in [2.24, 2.45) is 0 Å². The summed E-state index contributed by atoms with van der Waals surface area (Å²) in [4.78, 5) is 14.7. The molecule has 4 heterocycles. The number of hydrogen-bond acceptors (Lipinski definition) is 7. The fourth-order valence-electron chi connectivity index (χ4n) is 4.76. The van der Waals surface area contributed by atoms with Crippen molar-refractivity contribution in [1.82, 2.24) is 19.5 Å². The molecule has 0 saturated carbocycles. The van der Waals surface area contributed by atoms with Crippen LogP contribution in [0.5, 0.6) is 5.75 Å². The maximum Gasteiger partial charge on any atom is 0.282 e. The van der Waals surface area contributed by atoms with Gasteiger partial charge in [-0.2, -0.15) is 4.98 Å². The first kappa shape index (κ1) is 25.4. The highest BCUT2D eigenvalue weighted by molar-refractivity contribution is 6.29. The van der Waals surface area contributed by atoms with Crippen molar-refractivity contribution in [3.05, 3.63) is 82.5 Å². The molecule has 1 atom stereocenters. The lowest BCUT2D eigenvalue weighted by atomic mass is 9.91. The molecule has 8 nitrogen and oxygen atoms in total. The van der Waals surface area contributed by atoms with Crippen LogP contribution in [-0.4, -0.2) is 52.2 Å². The highest BCUT2D eigenvalue weighted by Crippen LogP contribution is 2.40. The van der Waals surface area contributed by atoms with E-state index < -0.39 is 36.6 Å². The van der Waals surface area contributed by atoms with Crippen LogP contribution in [0.15, 0.2) is 48.9 Å². The van der Waals surface area contributed by atoms with E-state index in [1.54, 1.807) is 35.3 Å². The Morgan fingerprint density at radius 1 is 1.10 bits per heavy atom. The Bertz CT molecular complexity index is 1560. The first-order valence-electron chi connectivity index (χ1n) is 11.9. The molecule has 6 rings (SSSR count). The summed E-state index contributed by atoms with van der Waals surface area (Å²) in [6, 6.07) is 8.86. The zero-order valence-electron chi connectivity index (χ0n) is 20.5. The Balaban J connectivity index is 1.40. The summed E-state index contributed by atoms with van der Waals surface area (Å²) < 4.78 is 68.3. The quantitative estimate of drug-likeness (QED) is 0.314. The predicted molar refractivity (Wildman–Crippen MR) is 135 cm³/mol. The summed E-state index contributed by atoms with van der Waals surface area (Å²) >= 11 is 5.95. The van der Waals surface area contributed by atoms with Crippen molar-refractivity contribution in [3.63, 3.8) is 0 Å². The van der Waals surface area contributed by atoms with Gasteiger partial charge >= 0.3 is 0 Å². The smallest absolute Gasteiger partial charge is 0.282 e. The number of benzene rings is 2. The van der Waals surface area contributed by atoms with Crippen LogP contribution in [0.4, 0.5) is 35.0 Å². The van der Waals surface area contributed by atoms with Gasteiger partial charge in [-0.05, 0) is 29.8 Å². The molecule has 2 aliphatic heterocycles. The Labute approximate surface area is 225 Å². The molecule has 1 unspecified atom stereocenters. The van der Waals surface area contributed by atoms with E-state index in [0.717, 1.165) is 12.1 Å². The Kier molecular flexibility index (Phi) is 6.31. The molecule has 39 heavy (non-hydrogen) atoms. The average molecular weight is 561 g/mol. The molecule has 1 saturated heterocycles. The van der Waals surface area contributed by atoms with Crippen molar-refractivity contribution >= 4 is 29.1 Å². The van der Waals surface area contributed by atoms with Gasteiger partial charge in [0.2, 0.25) is 5.95 Å². The number of alkyl halides is 2. The van der Waals surface area contributed by atoms with Crippen LogP contribution in [0.1, 0.15) is 22.7 Å². The molecule has 2 aromatic carbocycles. The maximum atomic E-state index is 14.1. The van der Waals surface area contributed by atoms with Crippen molar-refractivity contribution in [3.8, 4) is 11.4 Å². The standard InChI is InChI=1S/C26H21ClF4N6O2/c1-38-21-7-15(3-5-20(21)36-8-22(27)32-13-36)33-25-34-23-16(14-2-4-18(28)19(29)6-14)9-39-10-17(23)24(35-25)37-11-26(30,31)12-37/h2-8,13,16H,9-12H2,1H3,(H,33,34,35). The van der Waals surface area contributed by atoms with E-state index >= 15 is 0 Å². The van der Waals surface area contributed by atoms with E-state index in [4.69, 9.17) is 21.1 Å². The van der Waals surface area contributed by atoms with Crippen LogP contribution in [0.3, 0.4) is 0 Å². The molecule has 13 heteroatoms. The van der Waals surface area contributed by atoms with Crippen LogP contribution in [-0.2, 0) is 11.3 Å². The van der Waals surface area contributed by atoms with Crippen molar-refractivity contribution < 1.29 is 27.0 Å². The van der Waals surface area contributed by atoms with Gasteiger partial charge in [0.1, 0.15) is 23.0 Å². The number of nitrogens with zero attached hydrogens (tertiary/aromatic N) is 5. The number of anilines is 3. The summed E-state index contributed by atoms with van der Waals surface area (Å²) in [5.74, 6) is -4.41. The molecule has 0 aliphatic carbocycles. The van der Waals surface area contributed by atoms with Gasteiger partial charge in [0.15, 0.2) is 11.6 Å². The summed E-state index contributed by atoms with van der Waals surface area (Å²) in [5, 5.41) is 3.45. The Morgan fingerprint density at radius 3 is 2.62 bits per heavy atom. The number of hydrogen-bond donors (Lipinski definition) is 1. The number of fused-ring (bicyclic) bond motifs is 1. The number of aromatic nitrogens is 4. The summed E-state index contributed by atoms with van der Waals surface area (Å²) in [5.41, 5.74) is 2.73. The van der Waals surface area contributed by atoms with Crippen LogP contribution >= 0.6 is 11.6 Å². The molecule has 1 fully saturated rings. The highest BCUT2D eigenvalue weighted by atomic mass is 35.5. The van der Waals surface area contributed by atoms with E-state index in [2.05, 4.69) is 20.3 Å². The second kappa shape index (κ2) is 9.69. The van der Waals surface area contributed by atoms with Crippen molar-refractivity contribution in [2.45, 2.75) is 18.4 Å². The summed E-state index contributed by atoms with van der Waals surface area (Å²) in [7, 11) is 1.52. The molecule has 2 aromatic heterocycles. The number of ether oxygens (including phenoxy) is 2. The fourth-order valence-corrected chi connectivity index (χ4v) is 4.91. The highest BCUT2D eigenvalue weighted by Gasteiger charge is 2.46. The van der Waals surface area contributed by atoms with E-state index in [9.17, 15) is 17.6 Å². The zero-order valence-corrected chi connectivity index (χ0v) is 21.2. The van der Waals surface area contributed by atoms with Crippen LogP contribution in [0, 0.1) is 11.6 Å². The fraction of sp³-hybridized carbons (Fsp3) is 0.269. The third-order valence-electron chi connectivity index (χ3n) is 6.63. The normalized spacial score (nSPS) is 17.9. The van der Waals surface area contributed by atoms with Crippen LogP contribution in [0.2, 0.25) is 5.15 Å². The third-order valence-corrected chi connectivity index (χ3v) is 6.83. The van der Waals surface area contributed by atoms with Gasteiger partial charge in [-0.3, -0.25) is 0 Å². The summed E-state index contributed by atoms with van der Waals surface area (Å²) in [6.07, 6.45) is 3.18. The lowest BCUT2D eigenvalue weighted by molar-refractivity contribution is -0.0271. The predicted octanol–water partition coefficient (Wildman–Crippen LogP) is 5.46. The molecule has 0 bridgehead atoms. The Hall–Kier alpha value is -3.90. The number of rotatable bonds is 6. The minimum Gasteiger partial charge on any atom is -0.494 e. The Morgan fingerprint density at radius 2 is 1.92 bits per heavy atom. The SMILES string of the molecule is COc1cc(Nc2nc3c(c(N4CC(F)(F)C4)n2)COCC3c2ccc(F)c(F)c2)ccc1-n1cnc(Cl)c1. The number of halogens is 5. The van der Waals surface area contributed by atoms with E-state index in [1.165, 1.54) is 18.1 Å². The van der Waals surface area contributed by atoms with E-state index in [-0.39, 0.29) is 19.2 Å². The lowest BCUT2D eigenvalue weighted by Crippen LogP contribution is -2.57. The van der Waals surface area contributed by atoms with E-state index in [1.807, 2.05) is 0 Å². The summed E-state index contributed by atoms with van der Waals surface area (Å²) in [6.45, 7) is -0.743. The first-order chi connectivity index (χ1) is 18.7. The third kappa shape index (κ3) is 4.85. The monoisotopic (exact) mass is 560 g/mol. The molecule has 0 radical (unpaired) electrons. The van der Waals surface area contributed by atoms with Gasteiger partial charge in [0, 0.05) is 23.5 Å². The van der Waals surface area contributed by atoms with Crippen LogP contribution < -0.4 is 15.0 Å². The van der Waals surface area contributed by atoms with Crippen LogP contribution in [0.25, 0.3) is 5.69 Å². The molecule has 2 aliphatic rings.